The lowest BCUT2D eigenvalue weighted by atomic mass is 10.0. The summed E-state index contributed by atoms with van der Waals surface area (Å²) in [6.45, 7) is 8.76. The number of aromatic nitrogens is 2. The number of aryl methyl sites for hydroxylation is 1. The molecule has 8 nitrogen and oxygen atoms in total. The molecule has 3 rings (SSSR count). The SMILES string of the molecule is CCCCCCCCCCc1ccc(-c2noc(CNC(=O)[C@H]3CCN(C(=O)OC(C)(C)C)C3)n2)cc1. The third-order valence-electron chi connectivity index (χ3n) is 6.62. The van der Waals surface area contributed by atoms with Crippen LogP contribution in [0.25, 0.3) is 11.4 Å². The second-order valence-corrected chi connectivity index (χ2v) is 11.1. The zero-order valence-electron chi connectivity index (χ0n) is 23.1. The fourth-order valence-corrected chi connectivity index (χ4v) is 4.50. The highest BCUT2D eigenvalue weighted by molar-refractivity contribution is 5.80. The highest BCUT2D eigenvalue weighted by atomic mass is 16.6. The average Bonchev–Trinajstić information content (AvgIpc) is 3.54. The fourth-order valence-electron chi connectivity index (χ4n) is 4.50. The Morgan fingerprint density at radius 2 is 1.73 bits per heavy atom. The van der Waals surface area contributed by atoms with Crippen molar-refractivity contribution in [3.8, 4) is 11.4 Å². The van der Waals surface area contributed by atoms with Gasteiger partial charge in [-0.3, -0.25) is 4.79 Å². The Bertz CT molecular complexity index is 981. The molecule has 1 N–H and O–H groups in total. The van der Waals surface area contributed by atoms with Crippen molar-refractivity contribution >= 4 is 12.0 Å². The topological polar surface area (TPSA) is 97.6 Å². The van der Waals surface area contributed by atoms with Gasteiger partial charge in [0.1, 0.15) is 5.60 Å². The average molecular weight is 513 g/mol. The third kappa shape index (κ3) is 9.82. The molecule has 2 aromatic rings. The number of likely N-dealkylation sites (tertiary alicyclic amines) is 1. The molecule has 0 bridgehead atoms. The van der Waals surface area contributed by atoms with Crippen molar-refractivity contribution < 1.29 is 18.8 Å². The molecule has 0 saturated carbocycles. The number of benzene rings is 1. The third-order valence-corrected chi connectivity index (χ3v) is 6.62. The van der Waals surface area contributed by atoms with Crippen LogP contribution in [0, 0.1) is 5.92 Å². The van der Waals surface area contributed by atoms with E-state index in [1.165, 1.54) is 56.9 Å². The number of nitrogens with one attached hydrogen (secondary N) is 1. The van der Waals surface area contributed by atoms with Gasteiger partial charge in [0, 0.05) is 18.7 Å². The summed E-state index contributed by atoms with van der Waals surface area (Å²) in [5.41, 5.74) is 1.66. The van der Waals surface area contributed by atoms with E-state index in [0.717, 1.165) is 12.0 Å². The summed E-state index contributed by atoms with van der Waals surface area (Å²) in [5, 5.41) is 6.93. The van der Waals surface area contributed by atoms with Gasteiger partial charge in [0.05, 0.1) is 12.5 Å². The summed E-state index contributed by atoms with van der Waals surface area (Å²) in [7, 11) is 0. The molecule has 1 atom stereocenters. The van der Waals surface area contributed by atoms with Crippen LogP contribution in [0.2, 0.25) is 0 Å². The monoisotopic (exact) mass is 512 g/mol. The van der Waals surface area contributed by atoms with E-state index < -0.39 is 5.60 Å². The van der Waals surface area contributed by atoms with Crippen molar-refractivity contribution in [3.63, 3.8) is 0 Å². The Kier molecular flexibility index (Phi) is 11.0. The summed E-state index contributed by atoms with van der Waals surface area (Å²) in [6, 6.07) is 8.31. The molecule has 1 aromatic carbocycles. The van der Waals surface area contributed by atoms with E-state index in [0.29, 0.717) is 31.2 Å². The van der Waals surface area contributed by atoms with Gasteiger partial charge >= 0.3 is 6.09 Å². The van der Waals surface area contributed by atoms with E-state index in [2.05, 4.69) is 34.5 Å². The lowest BCUT2D eigenvalue weighted by Gasteiger charge is -2.24. The zero-order valence-corrected chi connectivity index (χ0v) is 23.1. The van der Waals surface area contributed by atoms with Crippen LogP contribution in [0.15, 0.2) is 28.8 Å². The largest absolute Gasteiger partial charge is 0.444 e. The van der Waals surface area contributed by atoms with E-state index in [1.54, 1.807) is 4.90 Å². The second kappa shape index (κ2) is 14.1. The molecule has 1 aliphatic heterocycles. The van der Waals surface area contributed by atoms with Crippen molar-refractivity contribution in [2.75, 3.05) is 13.1 Å². The van der Waals surface area contributed by atoms with Crippen molar-refractivity contribution in [2.24, 2.45) is 5.92 Å². The Hall–Kier alpha value is -2.90. The Morgan fingerprint density at radius 1 is 1.05 bits per heavy atom. The molecule has 1 fully saturated rings. The van der Waals surface area contributed by atoms with Crippen molar-refractivity contribution in [1.29, 1.82) is 0 Å². The summed E-state index contributed by atoms with van der Waals surface area (Å²) >= 11 is 0. The number of carbonyl (C=O) groups excluding carboxylic acids is 2. The molecule has 37 heavy (non-hydrogen) atoms. The van der Waals surface area contributed by atoms with E-state index in [1.807, 2.05) is 32.9 Å². The number of carbonyl (C=O) groups is 2. The number of ether oxygens (including phenoxy) is 1. The van der Waals surface area contributed by atoms with Crippen LogP contribution in [-0.4, -0.2) is 45.7 Å². The lowest BCUT2D eigenvalue weighted by molar-refractivity contribution is -0.124. The van der Waals surface area contributed by atoms with Crippen molar-refractivity contribution in [3.05, 3.63) is 35.7 Å². The molecule has 2 heterocycles. The standard InChI is InChI=1S/C29H44N4O4/c1-5-6-7-8-9-10-11-12-13-22-14-16-23(17-15-22)26-31-25(37-32-26)20-30-27(34)24-18-19-33(21-24)28(35)36-29(2,3)4/h14-17,24H,5-13,18-21H2,1-4H3,(H,30,34)/t24-/m0/s1. The molecule has 0 radical (unpaired) electrons. The minimum absolute atomic E-state index is 0.129. The van der Waals surface area contributed by atoms with Gasteiger partial charge < -0.3 is 19.5 Å². The molecule has 0 unspecified atom stereocenters. The smallest absolute Gasteiger partial charge is 0.410 e. The first-order valence-electron chi connectivity index (χ1n) is 13.9. The van der Waals surface area contributed by atoms with Crippen LogP contribution in [0.5, 0.6) is 0 Å². The first-order valence-corrected chi connectivity index (χ1v) is 13.9. The van der Waals surface area contributed by atoms with Crippen LogP contribution in [0.1, 0.15) is 96.9 Å². The Balaban J connectivity index is 1.37. The van der Waals surface area contributed by atoms with Crippen LogP contribution >= 0.6 is 0 Å². The number of hydrogen-bond acceptors (Lipinski definition) is 6. The predicted molar refractivity (Wildman–Crippen MR) is 144 cm³/mol. The molecule has 204 valence electrons. The first kappa shape index (κ1) is 28.7. The number of unbranched alkanes of at least 4 members (excludes halogenated alkanes) is 7. The van der Waals surface area contributed by atoms with Crippen LogP contribution in [0.3, 0.4) is 0 Å². The molecule has 0 spiro atoms. The number of rotatable bonds is 13. The highest BCUT2D eigenvalue weighted by Crippen LogP contribution is 2.21. The van der Waals surface area contributed by atoms with Gasteiger partial charge in [0.25, 0.3) is 0 Å². The van der Waals surface area contributed by atoms with E-state index in [-0.39, 0.29) is 24.5 Å². The summed E-state index contributed by atoms with van der Waals surface area (Å²) < 4.78 is 10.7. The van der Waals surface area contributed by atoms with Crippen LogP contribution in [0.4, 0.5) is 4.79 Å². The summed E-state index contributed by atoms with van der Waals surface area (Å²) in [4.78, 5) is 30.8. The molecular formula is C29H44N4O4. The first-order chi connectivity index (χ1) is 17.7. The van der Waals surface area contributed by atoms with Gasteiger partial charge in [0.2, 0.25) is 17.6 Å². The van der Waals surface area contributed by atoms with E-state index >= 15 is 0 Å². The van der Waals surface area contributed by atoms with Gasteiger partial charge in [-0.2, -0.15) is 4.98 Å². The Morgan fingerprint density at radius 3 is 2.41 bits per heavy atom. The summed E-state index contributed by atoms with van der Waals surface area (Å²) in [5.74, 6) is 0.466. The minimum Gasteiger partial charge on any atom is -0.444 e. The van der Waals surface area contributed by atoms with Gasteiger partial charge in [-0.1, -0.05) is 81.3 Å². The quantitative estimate of drug-likeness (QED) is 0.317. The Labute approximate surface area is 221 Å². The number of nitrogens with zero attached hydrogens (tertiary/aromatic N) is 3. The lowest BCUT2D eigenvalue weighted by Crippen LogP contribution is -2.37. The predicted octanol–water partition coefficient (Wildman–Crippen LogP) is 6.29. The van der Waals surface area contributed by atoms with Crippen LogP contribution < -0.4 is 5.32 Å². The second-order valence-electron chi connectivity index (χ2n) is 11.1. The maximum atomic E-state index is 12.6. The maximum Gasteiger partial charge on any atom is 0.410 e. The molecule has 1 aromatic heterocycles. The van der Waals surface area contributed by atoms with Gasteiger partial charge in [-0.15, -0.1) is 0 Å². The van der Waals surface area contributed by atoms with Crippen LogP contribution in [-0.2, 0) is 22.5 Å². The van der Waals surface area contributed by atoms with Gasteiger partial charge in [0.15, 0.2) is 0 Å². The maximum absolute atomic E-state index is 12.6. The summed E-state index contributed by atoms with van der Waals surface area (Å²) in [6.07, 6.45) is 11.9. The normalized spacial score (nSPS) is 15.7. The number of hydrogen-bond donors (Lipinski definition) is 1. The van der Waals surface area contributed by atoms with Gasteiger partial charge in [-0.05, 0) is 45.6 Å². The zero-order chi connectivity index (χ0) is 26.7. The van der Waals surface area contributed by atoms with E-state index in [9.17, 15) is 9.59 Å². The fraction of sp³-hybridized carbons (Fsp3) is 0.655. The molecular weight excluding hydrogens is 468 g/mol. The van der Waals surface area contributed by atoms with Crippen molar-refractivity contribution in [2.45, 2.75) is 104 Å². The molecule has 8 heteroatoms. The molecule has 1 saturated heterocycles. The molecule has 0 aliphatic carbocycles. The molecule has 1 aliphatic rings. The van der Waals surface area contributed by atoms with E-state index in [4.69, 9.17) is 9.26 Å². The number of amides is 2. The highest BCUT2D eigenvalue weighted by Gasteiger charge is 2.33. The van der Waals surface area contributed by atoms with Gasteiger partial charge in [-0.25, -0.2) is 4.79 Å². The minimum atomic E-state index is -0.555. The van der Waals surface area contributed by atoms with Crippen molar-refractivity contribution in [1.82, 2.24) is 20.4 Å². The molecule has 2 amide bonds.